The van der Waals surface area contributed by atoms with E-state index in [4.69, 9.17) is 17.3 Å². The van der Waals surface area contributed by atoms with Crippen molar-refractivity contribution in [1.82, 2.24) is 9.38 Å². The van der Waals surface area contributed by atoms with E-state index in [0.717, 1.165) is 21.9 Å². The summed E-state index contributed by atoms with van der Waals surface area (Å²) in [4.78, 5) is 4.51. The van der Waals surface area contributed by atoms with Crippen LogP contribution in [0.15, 0.2) is 48.7 Å². The molecule has 2 heterocycles. The van der Waals surface area contributed by atoms with Crippen molar-refractivity contribution in [3.63, 3.8) is 0 Å². The minimum absolute atomic E-state index is 0.676. The molecular weight excluding hydrogens is 234 g/mol. The summed E-state index contributed by atoms with van der Waals surface area (Å²) in [6.07, 6.45) is 1.92. The molecule has 3 nitrogen and oxygen atoms in total. The van der Waals surface area contributed by atoms with E-state index in [-0.39, 0.29) is 0 Å². The van der Waals surface area contributed by atoms with E-state index >= 15 is 0 Å². The van der Waals surface area contributed by atoms with Gasteiger partial charge in [0.25, 0.3) is 0 Å². The van der Waals surface area contributed by atoms with Gasteiger partial charge in [-0.15, -0.1) is 0 Å². The van der Waals surface area contributed by atoms with E-state index in [1.54, 1.807) is 0 Å². The molecule has 1 aromatic carbocycles. The maximum Gasteiger partial charge on any atom is 0.139 e. The van der Waals surface area contributed by atoms with Crippen molar-refractivity contribution in [3.8, 4) is 11.3 Å². The van der Waals surface area contributed by atoms with Gasteiger partial charge >= 0.3 is 0 Å². The van der Waals surface area contributed by atoms with Crippen LogP contribution in [-0.4, -0.2) is 9.38 Å². The number of nitrogens with zero attached hydrogens (tertiary/aromatic N) is 2. The number of benzene rings is 1. The van der Waals surface area contributed by atoms with Crippen LogP contribution >= 0.6 is 11.6 Å². The Morgan fingerprint density at radius 2 is 1.82 bits per heavy atom. The summed E-state index contributed by atoms with van der Waals surface area (Å²) in [5, 5.41) is 0.719. The van der Waals surface area contributed by atoms with Gasteiger partial charge in [0.2, 0.25) is 0 Å². The first kappa shape index (κ1) is 10.2. The summed E-state index contributed by atoms with van der Waals surface area (Å²) < 4.78 is 1.87. The lowest BCUT2D eigenvalue weighted by atomic mass is 10.2. The first-order chi connectivity index (χ1) is 8.24. The van der Waals surface area contributed by atoms with Crippen molar-refractivity contribution in [1.29, 1.82) is 0 Å². The van der Waals surface area contributed by atoms with Gasteiger partial charge in [0.05, 0.1) is 5.69 Å². The Bertz CT molecular complexity index is 671. The Balaban J connectivity index is 2.18. The van der Waals surface area contributed by atoms with Crippen molar-refractivity contribution in [3.05, 3.63) is 53.7 Å². The zero-order valence-corrected chi connectivity index (χ0v) is 9.72. The third-order valence-corrected chi connectivity index (χ3v) is 2.92. The number of nitrogens with two attached hydrogens (primary N) is 1. The van der Waals surface area contributed by atoms with Crippen LogP contribution in [0.3, 0.4) is 0 Å². The summed E-state index contributed by atoms with van der Waals surface area (Å²) in [6.45, 7) is 0. The second-order valence-electron chi connectivity index (χ2n) is 3.81. The van der Waals surface area contributed by atoms with Gasteiger partial charge in [0.1, 0.15) is 11.5 Å². The number of imidazole rings is 1. The molecule has 0 spiro atoms. The second-order valence-corrected chi connectivity index (χ2v) is 4.25. The Morgan fingerprint density at radius 3 is 2.53 bits per heavy atom. The largest absolute Gasteiger partial charge is 0.385 e. The molecule has 0 aliphatic carbocycles. The van der Waals surface area contributed by atoms with E-state index in [1.165, 1.54) is 0 Å². The molecule has 0 aliphatic heterocycles. The number of fused-ring (bicyclic) bond motifs is 1. The average Bonchev–Trinajstić information content (AvgIpc) is 2.75. The lowest BCUT2D eigenvalue weighted by Gasteiger charge is -1.96. The summed E-state index contributed by atoms with van der Waals surface area (Å²) in [7, 11) is 0. The number of halogens is 1. The fourth-order valence-corrected chi connectivity index (χ4v) is 1.92. The maximum atomic E-state index is 5.87. The zero-order chi connectivity index (χ0) is 11.8. The van der Waals surface area contributed by atoms with E-state index in [0.29, 0.717) is 5.82 Å². The van der Waals surface area contributed by atoms with E-state index in [2.05, 4.69) is 4.98 Å². The van der Waals surface area contributed by atoms with Gasteiger partial charge in [-0.1, -0.05) is 29.8 Å². The molecule has 0 bridgehead atoms. The minimum Gasteiger partial charge on any atom is -0.385 e. The lowest BCUT2D eigenvalue weighted by molar-refractivity contribution is 1.20. The summed E-state index contributed by atoms with van der Waals surface area (Å²) >= 11 is 5.86. The van der Waals surface area contributed by atoms with Crippen LogP contribution in [0.5, 0.6) is 0 Å². The molecule has 0 unspecified atom stereocenters. The van der Waals surface area contributed by atoms with Crippen molar-refractivity contribution in [2.24, 2.45) is 0 Å². The predicted molar refractivity (Wildman–Crippen MR) is 70.1 cm³/mol. The fourth-order valence-electron chi connectivity index (χ4n) is 1.79. The summed E-state index contributed by atoms with van der Waals surface area (Å²) in [5.74, 6) is 0.676. The quantitative estimate of drug-likeness (QED) is 0.713. The van der Waals surface area contributed by atoms with Gasteiger partial charge in [-0.05, 0) is 24.3 Å². The number of aromatic nitrogens is 2. The molecule has 4 heteroatoms. The number of pyridine rings is 1. The van der Waals surface area contributed by atoms with Gasteiger partial charge in [-0.2, -0.15) is 0 Å². The van der Waals surface area contributed by atoms with Crippen LogP contribution in [0.4, 0.5) is 5.82 Å². The smallest absolute Gasteiger partial charge is 0.139 e. The van der Waals surface area contributed by atoms with E-state index < -0.39 is 0 Å². The van der Waals surface area contributed by atoms with Gasteiger partial charge in [0.15, 0.2) is 0 Å². The molecule has 2 N–H and O–H groups in total. The normalized spacial score (nSPS) is 10.9. The average molecular weight is 244 g/mol. The Morgan fingerprint density at radius 1 is 1.06 bits per heavy atom. The fraction of sp³-hybridized carbons (Fsp3) is 0. The number of rotatable bonds is 1. The molecule has 84 valence electrons. The summed E-state index contributed by atoms with van der Waals surface area (Å²) in [5.41, 5.74) is 8.63. The van der Waals surface area contributed by atoms with Crippen LogP contribution in [0.1, 0.15) is 0 Å². The van der Waals surface area contributed by atoms with Crippen molar-refractivity contribution in [2.45, 2.75) is 0 Å². The lowest BCUT2D eigenvalue weighted by Crippen LogP contribution is -1.93. The van der Waals surface area contributed by atoms with E-state index in [1.807, 2.05) is 53.1 Å². The van der Waals surface area contributed by atoms with Crippen molar-refractivity contribution < 1.29 is 0 Å². The molecule has 0 amide bonds. The van der Waals surface area contributed by atoms with Crippen LogP contribution in [0.25, 0.3) is 16.9 Å². The highest BCUT2D eigenvalue weighted by Crippen LogP contribution is 2.22. The third kappa shape index (κ3) is 1.74. The SMILES string of the molecule is Nc1cccc2nc(-c3ccc(Cl)cc3)cn12. The predicted octanol–water partition coefficient (Wildman–Crippen LogP) is 3.24. The second kappa shape index (κ2) is 3.79. The molecule has 0 radical (unpaired) electrons. The highest BCUT2D eigenvalue weighted by Gasteiger charge is 2.05. The standard InChI is InChI=1S/C13H10ClN3/c14-10-6-4-9(5-7-10)11-8-17-12(15)2-1-3-13(17)16-11/h1-8H,15H2. The van der Waals surface area contributed by atoms with Crippen LogP contribution in [0.2, 0.25) is 5.02 Å². The molecule has 0 aliphatic rings. The van der Waals surface area contributed by atoms with Gasteiger partial charge < -0.3 is 5.73 Å². The van der Waals surface area contributed by atoms with Gasteiger partial charge in [0, 0.05) is 16.8 Å². The molecule has 0 fully saturated rings. The summed E-state index contributed by atoms with van der Waals surface area (Å²) in [6, 6.07) is 13.3. The molecule has 3 rings (SSSR count). The molecule has 0 saturated heterocycles. The topological polar surface area (TPSA) is 43.3 Å². The Hall–Kier alpha value is -2.00. The molecule has 2 aromatic heterocycles. The van der Waals surface area contributed by atoms with Gasteiger partial charge in [-0.25, -0.2) is 4.98 Å². The highest BCUT2D eigenvalue weighted by atomic mass is 35.5. The number of hydrogen-bond donors (Lipinski definition) is 1. The highest BCUT2D eigenvalue weighted by molar-refractivity contribution is 6.30. The van der Waals surface area contributed by atoms with E-state index in [9.17, 15) is 0 Å². The first-order valence-corrected chi connectivity index (χ1v) is 5.61. The number of hydrogen-bond acceptors (Lipinski definition) is 2. The van der Waals surface area contributed by atoms with Crippen LogP contribution < -0.4 is 5.73 Å². The number of nitrogen functional groups attached to an aromatic ring is 1. The zero-order valence-electron chi connectivity index (χ0n) is 8.97. The first-order valence-electron chi connectivity index (χ1n) is 5.23. The molecule has 17 heavy (non-hydrogen) atoms. The van der Waals surface area contributed by atoms with Crippen molar-refractivity contribution >= 4 is 23.1 Å². The van der Waals surface area contributed by atoms with Crippen LogP contribution in [0, 0.1) is 0 Å². The maximum absolute atomic E-state index is 5.87. The minimum atomic E-state index is 0.676. The number of anilines is 1. The Labute approximate surface area is 103 Å². The van der Waals surface area contributed by atoms with Crippen LogP contribution in [-0.2, 0) is 0 Å². The third-order valence-electron chi connectivity index (χ3n) is 2.66. The monoisotopic (exact) mass is 243 g/mol. The molecule has 0 atom stereocenters. The molecule has 3 aromatic rings. The van der Waals surface area contributed by atoms with Gasteiger partial charge in [-0.3, -0.25) is 4.40 Å². The van der Waals surface area contributed by atoms with Crippen molar-refractivity contribution in [2.75, 3.05) is 5.73 Å². The molecular formula is C13H10ClN3. The Kier molecular flexibility index (Phi) is 2.27. The molecule has 0 saturated carbocycles.